The zero-order valence-electron chi connectivity index (χ0n) is 13.1. The Balaban J connectivity index is 1.70. The van der Waals surface area contributed by atoms with E-state index in [9.17, 15) is 4.79 Å². The Bertz CT molecular complexity index is 394. The summed E-state index contributed by atoms with van der Waals surface area (Å²) in [6.45, 7) is 2.25. The molecule has 2 aliphatic carbocycles. The van der Waals surface area contributed by atoms with Gasteiger partial charge in [0.15, 0.2) is 0 Å². The summed E-state index contributed by atoms with van der Waals surface area (Å²) in [4.78, 5) is 12.2. The summed E-state index contributed by atoms with van der Waals surface area (Å²) in [5.41, 5.74) is 0. The molecule has 2 saturated carbocycles. The molecule has 0 aromatic rings. The lowest BCUT2D eigenvalue weighted by Gasteiger charge is -2.30. The number of nitriles is 1. The fraction of sp³-hybridized carbons (Fsp3) is 0.778. The van der Waals surface area contributed by atoms with Crippen molar-refractivity contribution in [1.29, 1.82) is 5.26 Å². The van der Waals surface area contributed by atoms with Gasteiger partial charge < -0.3 is 4.74 Å². The largest absolute Gasteiger partial charge is 0.462 e. The van der Waals surface area contributed by atoms with Crippen molar-refractivity contribution in [2.75, 3.05) is 0 Å². The second-order valence-corrected chi connectivity index (χ2v) is 6.59. The van der Waals surface area contributed by atoms with Gasteiger partial charge in [-0.05, 0) is 63.2 Å². The third-order valence-electron chi connectivity index (χ3n) is 5.20. The molecule has 3 heteroatoms. The number of allylic oxidation sites excluding steroid dienone is 2. The molecule has 2 fully saturated rings. The lowest BCUT2D eigenvalue weighted by Crippen LogP contribution is -2.29. The lowest BCUT2D eigenvalue weighted by molar-refractivity contribution is -0.157. The van der Waals surface area contributed by atoms with Crippen LogP contribution in [-0.4, -0.2) is 12.1 Å². The number of ether oxygens (including phenoxy) is 1. The Labute approximate surface area is 128 Å². The molecule has 0 unspecified atom stereocenters. The maximum absolute atomic E-state index is 12.2. The van der Waals surface area contributed by atoms with E-state index in [0.29, 0.717) is 5.92 Å². The van der Waals surface area contributed by atoms with E-state index in [1.807, 2.05) is 12.1 Å². The number of esters is 1. The molecular formula is C18H27NO2. The molecule has 0 amide bonds. The molecule has 0 aromatic carbocycles. The number of carbonyl (C=O) groups is 1. The van der Waals surface area contributed by atoms with Gasteiger partial charge in [0, 0.05) is 6.08 Å². The summed E-state index contributed by atoms with van der Waals surface area (Å²) < 4.78 is 5.73. The van der Waals surface area contributed by atoms with Crippen molar-refractivity contribution in [2.45, 2.75) is 70.8 Å². The second kappa shape index (κ2) is 8.22. The fourth-order valence-corrected chi connectivity index (χ4v) is 3.64. The first-order valence-corrected chi connectivity index (χ1v) is 8.49. The van der Waals surface area contributed by atoms with Crippen LogP contribution in [0.25, 0.3) is 0 Å². The summed E-state index contributed by atoms with van der Waals surface area (Å²) in [6, 6.07) is 2.04. The van der Waals surface area contributed by atoms with Gasteiger partial charge in [-0.2, -0.15) is 5.26 Å². The van der Waals surface area contributed by atoms with Crippen molar-refractivity contribution >= 4 is 5.97 Å². The van der Waals surface area contributed by atoms with E-state index in [2.05, 4.69) is 6.92 Å². The van der Waals surface area contributed by atoms with E-state index in [0.717, 1.165) is 44.4 Å². The van der Waals surface area contributed by atoms with E-state index in [1.165, 1.54) is 19.3 Å². The summed E-state index contributed by atoms with van der Waals surface area (Å²) in [6.07, 6.45) is 13.3. The molecule has 0 heterocycles. The molecule has 3 nitrogen and oxygen atoms in total. The van der Waals surface area contributed by atoms with Gasteiger partial charge in [-0.15, -0.1) is 0 Å². The zero-order chi connectivity index (χ0) is 15.1. The first kappa shape index (κ1) is 16.1. The molecule has 0 radical (unpaired) electrons. The maximum atomic E-state index is 12.2. The van der Waals surface area contributed by atoms with Gasteiger partial charge in [-0.1, -0.05) is 19.4 Å². The van der Waals surface area contributed by atoms with Crippen LogP contribution < -0.4 is 0 Å². The smallest absolute Gasteiger partial charge is 0.309 e. The first-order chi connectivity index (χ1) is 10.2. The monoisotopic (exact) mass is 289 g/mol. The van der Waals surface area contributed by atoms with Gasteiger partial charge in [0.1, 0.15) is 6.10 Å². The molecule has 2 rings (SSSR count). The minimum absolute atomic E-state index is 0.0256. The predicted octanol–water partition coefficient (Wildman–Crippen LogP) is 4.38. The molecule has 21 heavy (non-hydrogen) atoms. The summed E-state index contributed by atoms with van der Waals surface area (Å²) in [5.74, 6) is 1.41. The van der Waals surface area contributed by atoms with Crippen molar-refractivity contribution in [3.63, 3.8) is 0 Å². The van der Waals surface area contributed by atoms with Gasteiger partial charge in [-0.25, -0.2) is 0 Å². The number of hydrogen-bond acceptors (Lipinski definition) is 3. The van der Waals surface area contributed by atoms with Crippen molar-refractivity contribution in [3.8, 4) is 6.07 Å². The lowest BCUT2D eigenvalue weighted by atomic mass is 9.81. The number of nitrogens with zero attached hydrogens (tertiary/aromatic N) is 1. The second-order valence-electron chi connectivity index (χ2n) is 6.59. The third kappa shape index (κ3) is 4.88. The Hall–Kier alpha value is -1.30. The number of carbonyl (C=O) groups excluding carboxylic acids is 1. The van der Waals surface area contributed by atoms with Crippen LogP contribution >= 0.6 is 0 Å². The molecule has 0 N–H and O–H groups in total. The van der Waals surface area contributed by atoms with Crippen LogP contribution in [0.15, 0.2) is 12.2 Å². The van der Waals surface area contributed by atoms with Crippen LogP contribution in [0.3, 0.4) is 0 Å². The highest BCUT2D eigenvalue weighted by atomic mass is 16.5. The van der Waals surface area contributed by atoms with Crippen molar-refractivity contribution < 1.29 is 9.53 Å². The standard InChI is InChI=1S/C18H27NO2/c1-2-14-7-11-17(12-8-14)21-18(20)16-9-5-15(6-10-16)4-3-13-19/h3-4,14-17H,2,5-12H2,1H3/b4-3+. The Kier molecular flexibility index (Phi) is 6.29. The minimum atomic E-state index is 0.0256. The highest BCUT2D eigenvalue weighted by molar-refractivity contribution is 5.72. The topological polar surface area (TPSA) is 50.1 Å². The van der Waals surface area contributed by atoms with Crippen LogP contribution in [0, 0.1) is 29.1 Å². The molecule has 0 saturated heterocycles. The van der Waals surface area contributed by atoms with Crippen molar-refractivity contribution in [3.05, 3.63) is 12.2 Å². The quantitative estimate of drug-likeness (QED) is 0.570. The van der Waals surface area contributed by atoms with Gasteiger partial charge in [0.05, 0.1) is 12.0 Å². The molecule has 2 aliphatic rings. The molecule has 0 spiro atoms. The number of hydrogen-bond donors (Lipinski definition) is 0. The molecule has 116 valence electrons. The summed E-state index contributed by atoms with van der Waals surface area (Å²) in [5, 5.41) is 8.54. The van der Waals surface area contributed by atoms with E-state index in [1.54, 1.807) is 6.08 Å². The third-order valence-corrected chi connectivity index (χ3v) is 5.20. The summed E-state index contributed by atoms with van der Waals surface area (Å²) >= 11 is 0. The van der Waals surface area contributed by atoms with E-state index in [4.69, 9.17) is 10.00 Å². The molecule has 0 atom stereocenters. The van der Waals surface area contributed by atoms with E-state index < -0.39 is 0 Å². The van der Waals surface area contributed by atoms with Gasteiger partial charge in [-0.3, -0.25) is 4.79 Å². The van der Waals surface area contributed by atoms with Crippen molar-refractivity contribution in [1.82, 2.24) is 0 Å². The van der Waals surface area contributed by atoms with Crippen molar-refractivity contribution in [2.24, 2.45) is 17.8 Å². The average molecular weight is 289 g/mol. The van der Waals surface area contributed by atoms with Gasteiger partial charge in [0.25, 0.3) is 0 Å². The molecule has 0 bridgehead atoms. The molecular weight excluding hydrogens is 262 g/mol. The molecule has 0 aliphatic heterocycles. The van der Waals surface area contributed by atoms with Crippen LogP contribution in [0.1, 0.15) is 64.7 Å². The van der Waals surface area contributed by atoms with Crippen LogP contribution in [0.5, 0.6) is 0 Å². The van der Waals surface area contributed by atoms with Gasteiger partial charge >= 0.3 is 5.97 Å². The van der Waals surface area contributed by atoms with Crippen LogP contribution in [0.4, 0.5) is 0 Å². The Morgan fingerprint density at radius 2 is 1.81 bits per heavy atom. The fourth-order valence-electron chi connectivity index (χ4n) is 3.64. The normalized spacial score (nSPS) is 33.5. The van der Waals surface area contributed by atoms with Crippen LogP contribution in [0.2, 0.25) is 0 Å². The summed E-state index contributed by atoms with van der Waals surface area (Å²) in [7, 11) is 0. The van der Waals surface area contributed by atoms with Gasteiger partial charge in [0.2, 0.25) is 0 Å². The van der Waals surface area contributed by atoms with E-state index >= 15 is 0 Å². The first-order valence-electron chi connectivity index (χ1n) is 8.49. The van der Waals surface area contributed by atoms with E-state index in [-0.39, 0.29) is 18.0 Å². The zero-order valence-corrected chi connectivity index (χ0v) is 13.1. The SMILES string of the molecule is CCC1CCC(OC(=O)C2CCC(/C=C/C#N)CC2)CC1. The molecule has 0 aromatic heterocycles. The Morgan fingerprint density at radius 3 is 2.38 bits per heavy atom. The highest BCUT2D eigenvalue weighted by Crippen LogP contribution is 2.33. The number of rotatable bonds is 4. The Morgan fingerprint density at radius 1 is 1.14 bits per heavy atom. The minimum Gasteiger partial charge on any atom is -0.462 e. The maximum Gasteiger partial charge on any atom is 0.309 e. The predicted molar refractivity (Wildman–Crippen MR) is 82.3 cm³/mol. The van der Waals surface area contributed by atoms with Crippen LogP contribution in [-0.2, 0) is 9.53 Å². The highest BCUT2D eigenvalue weighted by Gasteiger charge is 2.29. The average Bonchev–Trinajstić information content (AvgIpc) is 2.54.